The van der Waals surface area contributed by atoms with Crippen molar-refractivity contribution in [3.63, 3.8) is 0 Å². The highest BCUT2D eigenvalue weighted by Gasteiger charge is 2.27. The molecule has 0 saturated carbocycles. The Labute approximate surface area is 157 Å². The summed E-state index contributed by atoms with van der Waals surface area (Å²) in [4.78, 5) is 12.8. The van der Waals surface area contributed by atoms with Gasteiger partial charge in [0.1, 0.15) is 5.82 Å². The third-order valence-corrected chi connectivity index (χ3v) is 5.02. The summed E-state index contributed by atoms with van der Waals surface area (Å²) >= 11 is 0. The summed E-state index contributed by atoms with van der Waals surface area (Å²) in [6.07, 6.45) is 0.0713. The number of halogens is 1. The molecule has 0 amide bonds. The van der Waals surface area contributed by atoms with E-state index in [1.165, 1.54) is 6.07 Å². The van der Waals surface area contributed by atoms with Crippen molar-refractivity contribution in [2.24, 2.45) is 0 Å². The predicted molar refractivity (Wildman–Crippen MR) is 105 cm³/mol. The Morgan fingerprint density at radius 3 is 2.48 bits per heavy atom. The number of anilines is 2. The van der Waals surface area contributed by atoms with Crippen molar-refractivity contribution in [1.82, 2.24) is 0 Å². The maximum atomic E-state index is 13.5. The van der Waals surface area contributed by atoms with E-state index in [9.17, 15) is 9.18 Å². The number of ether oxygens (including phenoxy) is 1. The fourth-order valence-electron chi connectivity index (χ4n) is 3.60. The number of nitrogens with one attached hydrogen (secondary N) is 1. The Hall–Kier alpha value is -2.98. The number of rotatable bonds is 3. The van der Waals surface area contributed by atoms with Crippen LogP contribution in [0.25, 0.3) is 11.1 Å². The molecule has 4 rings (SSSR count). The Morgan fingerprint density at radius 1 is 0.963 bits per heavy atom. The molecule has 0 bridgehead atoms. The van der Waals surface area contributed by atoms with Crippen molar-refractivity contribution in [3.05, 3.63) is 83.2 Å². The van der Waals surface area contributed by atoms with Gasteiger partial charge in [-0.3, -0.25) is 4.79 Å². The van der Waals surface area contributed by atoms with Crippen LogP contribution in [0.3, 0.4) is 0 Å². The lowest BCUT2D eigenvalue weighted by molar-refractivity contribution is 0.0739. The fourth-order valence-corrected chi connectivity index (χ4v) is 3.60. The number of benzene rings is 3. The maximum Gasteiger partial charge on any atom is 0.166 e. The Bertz CT molecular complexity index is 1030. The summed E-state index contributed by atoms with van der Waals surface area (Å²) in [6.45, 7) is 1.73. The van der Waals surface area contributed by atoms with Gasteiger partial charge in [0, 0.05) is 30.5 Å². The summed E-state index contributed by atoms with van der Waals surface area (Å²) < 4.78 is 19.1. The number of methoxy groups -OCH3 is 1. The number of carbonyl (C=O) groups excluding carboxylic acids is 1. The molecule has 0 saturated heterocycles. The molecule has 1 N–H and O–H groups in total. The highest BCUT2D eigenvalue weighted by Crippen LogP contribution is 2.39. The van der Waals surface area contributed by atoms with Gasteiger partial charge < -0.3 is 10.1 Å². The van der Waals surface area contributed by atoms with Crippen LogP contribution in [0.15, 0.2) is 60.7 Å². The van der Waals surface area contributed by atoms with E-state index >= 15 is 0 Å². The first-order chi connectivity index (χ1) is 13.1. The monoisotopic (exact) mass is 361 g/mol. The van der Waals surface area contributed by atoms with Gasteiger partial charge in [-0.15, -0.1) is 0 Å². The van der Waals surface area contributed by atoms with Crippen LogP contribution >= 0.6 is 0 Å². The third-order valence-electron chi connectivity index (χ3n) is 5.02. The fraction of sp³-hybridized carbons (Fsp3) is 0.174. The van der Waals surface area contributed by atoms with Crippen LogP contribution in [0.5, 0.6) is 0 Å². The minimum absolute atomic E-state index is 0.0669. The van der Waals surface area contributed by atoms with Crippen molar-refractivity contribution < 1.29 is 13.9 Å². The first kappa shape index (κ1) is 17.4. The second-order valence-corrected chi connectivity index (χ2v) is 6.79. The molecule has 27 heavy (non-hydrogen) atoms. The average molecular weight is 361 g/mol. The van der Waals surface area contributed by atoms with Gasteiger partial charge in [-0.2, -0.15) is 0 Å². The molecule has 1 aliphatic rings. The zero-order valence-electron chi connectivity index (χ0n) is 15.3. The quantitative estimate of drug-likeness (QED) is 0.639. The maximum absolute atomic E-state index is 13.5. The summed E-state index contributed by atoms with van der Waals surface area (Å²) in [6, 6.07) is 18.6. The van der Waals surface area contributed by atoms with E-state index in [1.807, 2.05) is 42.5 Å². The van der Waals surface area contributed by atoms with E-state index in [-0.39, 0.29) is 17.7 Å². The average Bonchev–Trinajstić information content (AvgIpc) is 2.80. The van der Waals surface area contributed by atoms with Crippen LogP contribution in [0.2, 0.25) is 0 Å². The zero-order chi connectivity index (χ0) is 19.0. The Kier molecular flexibility index (Phi) is 4.50. The van der Waals surface area contributed by atoms with Crippen LogP contribution in [0.4, 0.5) is 15.8 Å². The van der Waals surface area contributed by atoms with Crippen LogP contribution in [0, 0.1) is 12.7 Å². The Balaban J connectivity index is 1.79. The first-order valence-electron chi connectivity index (χ1n) is 8.89. The van der Waals surface area contributed by atoms with E-state index in [1.54, 1.807) is 26.2 Å². The van der Waals surface area contributed by atoms with Crippen LogP contribution in [-0.2, 0) is 4.74 Å². The van der Waals surface area contributed by atoms with E-state index < -0.39 is 0 Å². The van der Waals surface area contributed by atoms with Crippen molar-refractivity contribution in [3.8, 4) is 11.1 Å². The topological polar surface area (TPSA) is 38.3 Å². The summed E-state index contributed by atoms with van der Waals surface area (Å²) in [5.41, 5.74) is 5.83. The normalized spacial score (nSPS) is 15.7. The second-order valence-electron chi connectivity index (χ2n) is 6.79. The van der Waals surface area contributed by atoms with Crippen LogP contribution in [0.1, 0.15) is 34.0 Å². The molecule has 1 unspecified atom stereocenters. The van der Waals surface area contributed by atoms with Crippen molar-refractivity contribution in [1.29, 1.82) is 0 Å². The summed E-state index contributed by atoms with van der Waals surface area (Å²) in [7, 11) is 1.63. The molecule has 0 spiro atoms. The number of ketones is 1. The molecule has 0 fully saturated rings. The number of carbonyl (C=O) groups is 1. The van der Waals surface area contributed by atoms with E-state index in [4.69, 9.17) is 4.74 Å². The minimum atomic E-state index is -0.253. The number of hydrogen-bond acceptors (Lipinski definition) is 3. The lowest BCUT2D eigenvalue weighted by Crippen LogP contribution is -2.07. The molecule has 4 heteroatoms. The molecule has 3 aromatic carbocycles. The molecule has 1 atom stereocenters. The lowest BCUT2D eigenvalue weighted by atomic mass is 9.95. The number of Topliss-reactive ketones (excluding diaryl/α,β-unsaturated/α-hetero) is 1. The van der Waals surface area contributed by atoms with Crippen molar-refractivity contribution in [2.75, 3.05) is 12.4 Å². The molecular weight excluding hydrogens is 341 g/mol. The first-order valence-corrected chi connectivity index (χ1v) is 8.89. The van der Waals surface area contributed by atoms with Gasteiger partial charge in [0.25, 0.3) is 0 Å². The highest BCUT2D eigenvalue weighted by molar-refractivity contribution is 6.05. The number of fused-ring (bicyclic) bond motifs is 3. The van der Waals surface area contributed by atoms with E-state index in [0.717, 1.165) is 28.1 Å². The number of aryl methyl sites for hydroxylation is 1. The van der Waals surface area contributed by atoms with Gasteiger partial charge in [0.2, 0.25) is 0 Å². The lowest BCUT2D eigenvalue weighted by Gasteiger charge is -2.15. The molecule has 0 aromatic heterocycles. The summed E-state index contributed by atoms with van der Waals surface area (Å²) in [5, 5.41) is 3.30. The molecule has 0 radical (unpaired) electrons. The smallest absolute Gasteiger partial charge is 0.166 e. The molecule has 0 heterocycles. The van der Waals surface area contributed by atoms with E-state index in [0.29, 0.717) is 17.5 Å². The molecule has 3 nitrogen and oxygen atoms in total. The van der Waals surface area contributed by atoms with Crippen LogP contribution in [-0.4, -0.2) is 12.9 Å². The van der Waals surface area contributed by atoms with Gasteiger partial charge in [0.05, 0.1) is 6.10 Å². The highest BCUT2D eigenvalue weighted by atomic mass is 19.1. The van der Waals surface area contributed by atoms with Gasteiger partial charge in [0.15, 0.2) is 5.78 Å². The van der Waals surface area contributed by atoms with Crippen molar-refractivity contribution >= 4 is 17.2 Å². The SMILES string of the molecule is COC1CC(=O)c2ccc(Nc3ccc(F)c(C)c3)cc2-c2ccccc21. The molecule has 136 valence electrons. The third kappa shape index (κ3) is 3.24. The Morgan fingerprint density at radius 2 is 1.70 bits per heavy atom. The van der Waals surface area contributed by atoms with Gasteiger partial charge >= 0.3 is 0 Å². The standard InChI is InChI=1S/C23H20FNO2/c1-14-11-15(8-10-21(14)24)25-16-7-9-18-20(12-16)17-5-3-4-6-19(17)23(27-2)13-22(18)26/h3-12,23,25H,13H2,1-2H3. The molecule has 1 aliphatic carbocycles. The van der Waals surface area contributed by atoms with Crippen molar-refractivity contribution in [2.45, 2.75) is 19.4 Å². The minimum Gasteiger partial charge on any atom is -0.376 e. The van der Waals surface area contributed by atoms with Crippen LogP contribution < -0.4 is 5.32 Å². The molecular formula is C23H20FNO2. The van der Waals surface area contributed by atoms with Gasteiger partial charge in [-0.1, -0.05) is 24.3 Å². The van der Waals surface area contributed by atoms with Gasteiger partial charge in [-0.05, 0) is 65.6 Å². The largest absolute Gasteiger partial charge is 0.376 e. The summed E-state index contributed by atoms with van der Waals surface area (Å²) in [5.74, 6) is -0.162. The number of hydrogen-bond donors (Lipinski definition) is 1. The molecule has 0 aliphatic heterocycles. The van der Waals surface area contributed by atoms with E-state index in [2.05, 4.69) is 5.32 Å². The second kappa shape index (κ2) is 6.97. The molecule has 3 aromatic rings. The van der Waals surface area contributed by atoms with Gasteiger partial charge in [-0.25, -0.2) is 4.39 Å². The predicted octanol–water partition coefficient (Wildman–Crippen LogP) is 5.82. The zero-order valence-corrected chi connectivity index (χ0v) is 15.3.